The first kappa shape index (κ1) is 11.4. The second kappa shape index (κ2) is 4.45. The molecule has 2 aromatic rings. The van der Waals surface area contributed by atoms with Gasteiger partial charge in [-0.25, -0.2) is 0 Å². The molecule has 5 nitrogen and oxygen atoms in total. The Hall–Kier alpha value is -2.04. The second-order valence-corrected chi connectivity index (χ2v) is 4.05. The molecule has 0 aliphatic rings. The molecule has 2 heterocycles. The Bertz CT molecular complexity index is 514. The zero-order valence-corrected chi connectivity index (χ0v) is 10.2. The molecule has 2 rings (SSSR count). The molecule has 0 unspecified atom stereocenters. The average Bonchev–Trinajstić information content (AvgIpc) is 2.88. The van der Waals surface area contributed by atoms with Crippen LogP contribution in [0.15, 0.2) is 29.0 Å². The van der Waals surface area contributed by atoms with Gasteiger partial charge in [-0.2, -0.15) is 5.10 Å². The van der Waals surface area contributed by atoms with Gasteiger partial charge in [-0.1, -0.05) is 0 Å². The Labute approximate surface area is 99.6 Å². The largest absolute Gasteiger partial charge is 0.459 e. The minimum Gasteiger partial charge on any atom is -0.459 e. The molecule has 0 saturated carbocycles. The second-order valence-electron chi connectivity index (χ2n) is 4.05. The molecule has 0 saturated heterocycles. The van der Waals surface area contributed by atoms with Crippen LogP contribution in [0, 0.1) is 6.92 Å². The van der Waals surface area contributed by atoms with Crippen LogP contribution >= 0.6 is 0 Å². The molecule has 0 aromatic carbocycles. The van der Waals surface area contributed by atoms with Crippen molar-refractivity contribution in [3.63, 3.8) is 0 Å². The number of rotatable bonds is 3. The minimum atomic E-state index is -0.127. The monoisotopic (exact) mass is 233 g/mol. The fourth-order valence-electron chi connectivity index (χ4n) is 1.72. The van der Waals surface area contributed by atoms with Crippen molar-refractivity contribution in [2.75, 3.05) is 7.05 Å². The van der Waals surface area contributed by atoms with E-state index in [9.17, 15) is 4.79 Å². The van der Waals surface area contributed by atoms with Crippen LogP contribution in [0.4, 0.5) is 0 Å². The Morgan fingerprint density at radius 2 is 2.35 bits per heavy atom. The van der Waals surface area contributed by atoms with Crippen LogP contribution in [0.5, 0.6) is 0 Å². The van der Waals surface area contributed by atoms with Crippen molar-refractivity contribution in [1.82, 2.24) is 14.7 Å². The summed E-state index contributed by atoms with van der Waals surface area (Å²) < 4.78 is 6.82. The van der Waals surface area contributed by atoms with Gasteiger partial charge in [0.2, 0.25) is 0 Å². The fourth-order valence-corrected chi connectivity index (χ4v) is 1.72. The summed E-state index contributed by atoms with van der Waals surface area (Å²) in [5.41, 5.74) is 1.97. The number of carbonyl (C=O) groups is 1. The molecule has 0 spiro atoms. The fraction of sp³-hybridized carbons (Fsp3) is 0.333. The molecule has 1 amide bonds. The van der Waals surface area contributed by atoms with Gasteiger partial charge in [0.25, 0.3) is 5.91 Å². The summed E-state index contributed by atoms with van der Waals surface area (Å²) >= 11 is 0. The van der Waals surface area contributed by atoms with Gasteiger partial charge in [-0.05, 0) is 19.1 Å². The summed E-state index contributed by atoms with van der Waals surface area (Å²) in [7, 11) is 3.61. The molecule has 0 aliphatic heterocycles. The van der Waals surface area contributed by atoms with E-state index in [0.29, 0.717) is 12.3 Å². The highest BCUT2D eigenvalue weighted by Crippen LogP contribution is 2.11. The van der Waals surface area contributed by atoms with E-state index in [1.54, 1.807) is 28.8 Å². The summed E-state index contributed by atoms with van der Waals surface area (Å²) in [5, 5.41) is 4.24. The highest BCUT2D eigenvalue weighted by molar-refractivity contribution is 5.91. The molecule has 17 heavy (non-hydrogen) atoms. The van der Waals surface area contributed by atoms with Crippen molar-refractivity contribution in [3.8, 4) is 0 Å². The van der Waals surface area contributed by atoms with E-state index in [2.05, 4.69) is 5.10 Å². The lowest BCUT2D eigenvalue weighted by molar-refractivity contribution is 0.0753. The maximum atomic E-state index is 11.9. The first-order valence-corrected chi connectivity index (χ1v) is 5.36. The highest BCUT2D eigenvalue weighted by atomic mass is 16.3. The number of amides is 1. The summed E-state index contributed by atoms with van der Waals surface area (Å²) in [6, 6.07) is 3.37. The lowest BCUT2D eigenvalue weighted by atomic mass is 10.2. The Morgan fingerprint density at radius 1 is 1.59 bits per heavy atom. The van der Waals surface area contributed by atoms with Gasteiger partial charge >= 0.3 is 0 Å². The van der Waals surface area contributed by atoms with Gasteiger partial charge in [-0.3, -0.25) is 9.48 Å². The van der Waals surface area contributed by atoms with Crippen LogP contribution < -0.4 is 0 Å². The maximum absolute atomic E-state index is 11.9. The Kier molecular flexibility index (Phi) is 2.99. The van der Waals surface area contributed by atoms with E-state index >= 15 is 0 Å². The van der Waals surface area contributed by atoms with Crippen LogP contribution in [-0.4, -0.2) is 27.6 Å². The van der Waals surface area contributed by atoms with Crippen molar-refractivity contribution >= 4 is 5.91 Å². The predicted molar refractivity (Wildman–Crippen MR) is 62.5 cm³/mol. The Morgan fingerprint density at radius 3 is 2.88 bits per heavy atom. The van der Waals surface area contributed by atoms with Gasteiger partial charge in [0.1, 0.15) is 0 Å². The van der Waals surface area contributed by atoms with Crippen LogP contribution in [0.3, 0.4) is 0 Å². The van der Waals surface area contributed by atoms with Crippen molar-refractivity contribution in [3.05, 3.63) is 41.6 Å². The first-order chi connectivity index (χ1) is 8.08. The summed E-state index contributed by atoms with van der Waals surface area (Å²) in [6.45, 7) is 2.46. The van der Waals surface area contributed by atoms with Crippen LogP contribution in [0.25, 0.3) is 0 Å². The molecule has 0 fully saturated rings. The lowest BCUT2D eigenvalue weighted by Gasteiger charge is -2.14. The topological polar surface area (TPSA) is 51.3 Å². The SMILES string of the molecule is Cc1nn(C)cc1CN(C)C(=O)c1ccco1. The normalized spacial score (nSPS) is 10.5. The standard InChI is InChI=1S/C12H15N3O2/c1-9-10(8-15(3)13-9)7-14(2)12(16)11-5-4-6-17-11/h4-6,8H,7H2,1-3H3. The number of hydrogen-bond acceptors (Lipinski definition) is 3. The molecule has 5 heteroatoms. The molecule has 0 aliphatic carbocycles. The Balaban J connectivity index is 2.09. The predicted octanol–water partition coefficient (Wildman–Crippen LogP) is 1.59. The van der Waals surface area contributed by atoms with E-state index in [1.165, 1.54) is 6.26 Å². The van der Waals surface area contributed by atoms with E-state index in [-0.39, 0.29) is 5.91 Å². The minimum absolute atomic E-state index is 0.127. The van der Waals surface area contributed by atoms with E-state index in [0.717, 1.165) is 11.3 Å². The average molecular weight is 233 g/mol. The van der Waals surface area contributed by atoms with Crippen LogP contribution in [0.1, 0.15) is 21.8 Å². The van der Waals surface area contributed by atoms with Gasteiger partial charge in [0.05, 0.1) is 12.0 Å². The summed E-state index contributed by atoms with van der Waals surface area (Å²) in [5.74, 6) is 0.229. The molecular weight excluding hydrogens is 218 g/mol. The van der Waals surface area contributed by atoms with Crippen molar-refractivity contribution in [2.24, 2.45) is 7.05 Å². The van der Waals surface area contributed by atoms with E-state index < -0.39 is 0 Å². The van der Waals surface area contributed by atoms with Crippen molar-refractivity contribution in [1.29, 1.82) is 0 Å². The maximum Gasteiger partial charge on any atom is 0.289 e. The van der Waals surface area contributed by atoms with Crippen LogP contribution in [0.2, 0.25) is 0 Å². The number of hydrogen-bond donors (Lipinski definition) is 0. The van der Waals surface area contributed by atoms with E-state index in [4.69, 9.17) is 4.42 Å². The van der Waals surface area contributed by atoms with Gasteiger partial charge in [0.15, 0.2) is 5.76 Å². The third-order valence-corrected chi connectivity index (χ3v) is 2.60. The molecule has 0 atom stereocenters. The van der Waals surface area contributed by atoms with E-state index in [1.807, 2.05) is 20.2 Å². The first-order valence-electron chi connectivity index (χ1n) is 5.36. The van der Waals surface area contributed by atoms with Crippen LogP contribution in [-0.2, 0) is 13.6 Å². The smallest absolute Gasteiger partial charge is 0.289 e. The van der Waals surface area contributed by atoms with Gasteiger partial charge in [-0.15, -0.1) is 0 Å². The highest BCUT2D eigenvalue weighted by Gasteiger charge is 2.16. The number of aromatic nitrogens is 2. The van der Waals surface area contributed by atoms with Gasteiger partial charge < -0.3 is 9.32 Å². The van der Waals surface area contributed by atoms with Crippen molar-refractivity contribution < 1.29 is 9.21 Å². The molecule has 0 bridgehead atoms. The third-order valence-electron chi connectivity index (χ3n) is 2.60. The number of aryl methyl sites for hydroxylation is 2. The van der Waals surface area contributed by atoms with Gasteiger partial charge in [0, 0.05) is 32.4 Å². The zero-order valence-electron chi connectivity index (χ0n) is 10.2. The third kappa shape index (κ3) is 2.38. The zero-order chi connectivity index (χ0) is 12.4. The lowest BCUT2D eigenvalue weighted by Crippen LogP contribution is -2.25. The molecule has 90 valence electrons. The number of furan rings is 1. The molecule has 2 aromatic heterocycles. The number of nitrogens with zero attached hydrogens (tertiary/aromatic N) is 3. The summed E-state index contributed by atoms with van der Waals surface area (Å²) in [4.78, 5) is 13.5. The molecule has 0 N–H and O–H groups in total. The molecule has 0 radical (unpaired) electrons. The summed E-state index contributed by atoms with van der Waals surface area (Å²) in [6.07, 6.45) is 3.41. The quantitative estimate of drug-likeness (QED) is 0.809. The molecular formula is C12H15N3O2. The van der Waals surface area contributed by atoms with Crippen molar-refractivity contribution in [2.45, 2.75) is 13.5 Å². The number of carbonyl (C=O) groups excluding carboxylic acids is 1.